The zero-order valence-corrected chi connectivity index (χ0v) is 15.2. The van der Waals surface area contributed by atoms with Crippen molar-refractivity contribution in [3.8, 4) is 11.4 Å². The minimum Gasteiger partial charge on any atom is -0.348 e. The Balaban J connectivity index is 1.97. The van der Waals surface area contributed by atoms with E-state index in [2.05, 4.69) is 20.6 Å². The number of anilines is 2. The van der Waals surface area contributed by atoms with E-state index in [-0.39, 0.29) is 23.5 Å². The highest BCUT2D eigenvalue weighted by atomic mass is 19.1. The highest BCUT2D eigenvalue weighted by Crippen LogP contribution is 2.21. The fraction of sp³-hybridized carbons (Fsp3) is 0.190. The predicted molar refractivity (Wildman–Crippen MR) is 104 cm³/mol. The summed E-state index contributed by atoms with van der Waals surface area (Å²) in [6.45, 7) is 3.94. The van der Waals surface area contributed by atoms with Crippen molar-refractivity contribution >= 4 is 17.4 Å². The molecule has 1 aromatic heterocycles. The first-order valence-electron chi connectivity index (χ1n) is 8.83. The molecule has 1 unspecified atom stereocenters. The molecule has 0 aliphatic rings. The lowest BCUT2D eigenvalue weighted by molar-refractivity contribution is 0.0934. The Morgan fingerprint density at radius 3 is 2.44 bits per heavy atom. The van der Waals surface area contributed by atoms with Crippen molar-refractivity contribution in [1.29, 1.82) is 0 Å². The summed E-state index contributed by atoms with van der Waals surface area (Å²) in [6, 6.07) is 17.0. The lowest BCUT2D eigenvalue weighted by Gasteiger charge is -2.13. The minimum atomic E-state index is -0.318. The van der Waals surface area contributed by atoms with Crippen molar-refractivity contribution in [2.24, 2.45) is 0 Å². The van der Waals surface area contributed by atoms with Gasteiger partial charge in [0.15, 0.2) is 5.82 Å². The highest BCUT2D eigenvalue weighted by Gasteiger charge is 2.15. The lowest BCUT2D eigenvalue weighted by atomic mass is 10.2. The van der Waals surface area contributed by atoms with Crippen LogP contribution < -0.4 is 10.6 Å². The standard InChI is InChI=1S/C21H21FN4O/c1-3-14(2)23-21(27)18-13-19(24-17-11-9-16(22)10-12-17)26-20(25-18)15-7-5-4-6-8-15/h4-14H,3H2,1-2H3,(H,23,27)(H,24,25,26). The summed E-state index contributed by atoms with van der Waals surface area (Å²) in [5, 5.41) is 6.02. The van der Waals surface area contributed by atoms with Gasteiger partial charge >= 0.3 is 0 Å². The van der Waals surface area contributed by atoms with Crippen molar-refractivity contribution in [3.63, 3.8) is 0 Å². The van der Waals surface area contributed by atoms with Crippen molar-refractivity contribution in [3.05, 3.63) is 72.2 Å². The van der Waals surface area contributed by atoms with E-state index in [9.17, 15) is 9.18 Å². The van der Waals surface area contributed by atoms with Gasteiger partial charge in [-0.15, -0.1) is 0 Å². The highest BCUT2D eigenvalue weighted by molar-refractivity contribution is 5.93. The summed E-state index contributed by atoms with van der Waals surface area (Å²) in [7, 11) is 0. The van der Waals surface area contributed by atoms with E-state index in [1.54, 1.807) is 18.2 Å². The molecule has 5 nitrogen and oxygen atoms in total. The number of hydrogen-bond donors (Lipinski definition) is 2. The van der Waals surface area contributed by atoms with Crippen molar-refractivity contribution in [1.82, 2.24) is 15.3 Å². The average Bonchev–Trinajstić information content (AvgIpc) is 2.70. The van der Waals surface area contributed by atoms with Gasteiger partial charge in [-0.3, -0.25) is 4.79 Å². The lowest BCUT2D eigenvalue weighted by Crippen LogP contribution is -2.32. The fourth-order valence-corrected chi connectivity index (χ4v) is 2.42. The van der Waals surface area contributed by atoms with E-state index >= 15 is 0 Å². The Bertz CT molecular complexity index is 913. The average molecular weight is 364 g/mol. The molecule has 0 fully saturated rings. The van der Waals surface area contributed by atoms with Gasteiger partial charge in [-0.2, -0.15) is 0 Å². The third kappa shape index (κ3) is 4.88. The van der Waals surface area contributed by atoms with E-state index in [1.165, 1.54) is 12.1 Å². The van der Waals surface area contributed by atoms with Crippen molar-refractivity contribution in [2.45, 2.75) is 26.3 Å². The molecule has 3 aromatic rings. The maximum atomic E-state index is 13.1. The van der Waals surface area contributed by atoms with Crippen molar-refractivity contribution < 1.29 is 9.18 Å². The van der Waals surface area contributed by atoms with Crippen LogP contribution in [0.15, 0.2) is 60.7 Å². The molecule has 0 saturated carbocycles. The molecule has 3 rings (SSSR count). The van der Waals surface area contributed by atoms with Crippen LogP contribution in [0.4, 0.5) is 15.9 Å². The molecular formula is C21H21FN4O. The molecule has 6 heteroatoms. The van der Waals surface area contributed by atoms with Crippen LogP contribution in [-0.4, -0.2) is 21.9 Å². The second-order valence-electron chi connectivity index (χ2n) is 6.24. The summed E-state index contributed by atoms with van der Waals surface area (Å²) >= 11 is 0. The first-order chi connectivity index (χ1) is 13.0. The number of halogens is 1. The summed E-state index contributed by atoms with van der Waals surface area (Å²) in [5.74, 6) is 0.328. The zero-order chi connectivity index (χ0) is 19.2. The number of aromatic nitrogens is 2. The molecule has 0 spiro atoms. The van der Waals surface area contributed by atoms with Crippen LogP contribution in [0.3, 0.4) is 0 Å². The van der Waals surface area contributed by atoms with Crippen LogP contribution in [0.2, 0.25) is 0 Å². The first-order valence-corrected chi connectivity index (χ1v) is 8.83. The topological polar surface area (TPSA) is 66.9 Å². The van der Waals surface area contributed by atoms with Crippen LogP contribution in [0, 0.1) is 5.82 Å². The molecule has 1 atom stereocenters. The number of carbonyl (C=O) groups is 1. The molecule has 0 saturated heterocycles. The van der Waals surface area contributed by atoms with Gasteiger partial charge in [0.25, 0.3) is 5.91 Å². The van der Waals surface area contributed by atoms with E-state index in [0.717, 1.165) is 12.0 Å². The van der Waals surface area contributed by atoms with E-state index in [1.807, 2.05) is 44.2 Å². The summed E-state index contributed by atoms with van der Waals surface area (Å²) in [6.07, 6.45) is 0.822. The molecular weight excluding hydrogens is 343 g/mol. The molecule has 0 radical (unpaired) electrons. The normalized spacial score (nSPS) is 11.7. The largest absolute Gasteiger partial charge is 0.348 e. The van der Waals surface area contributed by atoms with Crippen LogP contribution in [0.25, 0.3) is 11.4 Å². The Morgan fingerprint density at radius 2 is 1.78 bits per heavy atom. The quantitative estimate of drug-likeness (QED) is 0.673. The second kappa shape index (κ2) is 8.40. The molecule has 0 aliphatic heterocycles. The van der Waals surface area contributed by atoms with Gasteiger partial charge in [0.05, 0.1) is 0 Å². The summed E-state index contributed by atoms with van der Waals surface area (Å²) in [4.78, 5) is 21.5. The van der Waals surface area contributed by atoms with Gasteiger partial charge in [0, 0.05) is 23.4 Å². The van der Waals surface area contributed by atoms with Gasteiger partial charge in [0.1, 0.15) is 17.3 Å². The van der Waals surface area contributed by atoms with Crippen molar-refractivity contribution in [2.75, 3.05) is 5.32 Å². The van der Waals surface area contributed by atoms with E-state index in [0.29, 0.717) is 17.3 Å². The molecule has 27 heavy (non-hydrogen) atoms. The fourth-order valence-electron chi connectivity index (χ4n) is 2.42. The third-order valence-corrected chi connectivity index (χ3v) is 4.10. The van der Waals surface area contributed by atoms with Gasteiger partial charge in [-0.1, -0.05) is 37.3 Å². The maximum absolute atomic E-state index is 13.1. The Labute approximate surface area is 157 Å². The Hall–Kier alpha value is -3.28. The van der Waals surface area contributed by atoms with Crippen LogP contribution in [-0.2, 0) is 0 Å². The smallest absolute Gasteiger partial charge is 0.270 e. The maximum Gasteiger partial charge on any atom is 0.270 e. The van der Waals surface area contributed by atoms with Crippen LogP contribution >= 0.6 is 0 Å². The first kappa shape index (κ1) is 18.5. The number of benzene rings is 2. The van der Waals surface area contributed by atoms with E-state index < -0.39 is 0 Å². The van der Waals surface area contributed by atoms with Gasteiger partial charge in [-0.05, 0) is 37.6 Å². The molecule has 138 valence electrons. The number of nitrogens with one attached hydrogen (secondary N) is 2. The molecule has 2 aromatic carbocycles. The zero-order valence-electron chi connectivity index (χ0n) is 15.2. The SMILES string of the molecule is CCC(C)NC(=O)c1cc(Nc2ccc(F)cc2)nc(-c2ccccc2)n1. The summed E-state index contributed by atoms with van der Waals surface area (Å²) < 4.78 is 13.1. The molecule has 1 heterocycles. The van der Waals surface area contributed by atoms with Crippen LogP contribution in [0.5, 0.6) is 0 Å². The molecule has 0 bridgehead atoms. The number of rotatable bonds is 6. The second-order valence-corrected chi connectivity index (χ2v) is 6.24. The number of nitrogens with zero attached hydrogens (tertiary/aromatic N) is 2. The third-order valence-electron chi connectivity index (χ3n) is 4.10. The van der Waals surface area contributed by atoms with Gasteiger partial charge < -0.3 is 10.6 Å². The number of amides is 1. The predicted octanol–water partition coefficient (Wildman–Crippen LogP) is 4.55. The van der Waals surface area contributed by atoms with Crippen LogP contribution in [0.1, 0.15) is 30.8 Å². The number of carbonyl (C=O) groups excluding carboxylic acids is 1. The number of hydrogen-bond acceptors (Lipinski definition) is 4. The Kier molecular flexibility index (Phi) is 5.76. The van der Waals surface area contributed by atoms with Gasteiger partial charge in [0.2, 0.25) is 0 Å². The molecule has 1 amide bonds. The minimum absolute atomic E-state index is 0.0427. The molecule has 0 aliphatic carbocycles. The summed E-state index contributed by atoms with van der Waals surface area (Å²) in [5.41, 5.74) is 1.74. The monoisotopic (exact) mass is 364 g/mol. The Morgan fingerprint density at radius 1 is 1.07 bits per heavy atom. The van der Waals surface area contributed by atoms with Gasteiger partial charge in [-0.25, -0.2) is 14.4 Å². The van der Waals surface area contributed by atoms with E-state index in [4.69, 9.17) is 0 Å². The molecule has 2 N–H and O–H groups in total.